The molecular formula is C21H16ClN3O5. The molecule has 9 heteroatoms. The van der Waals surface area contributed by atoms with Gasteiger partial charge < -0.3 is 5.11 Å². The number of halogens is 1. The molecule has 1 unspecified atom stereocenters. The lowest BCUT2D eigenvalue weighted by molar-refractivity contribution is -0.385. The van der Waals surface area contributed by atoms with Gasteiger partial charge in [0, 0.05) is 22.9 Å². The molecule has 0 bridgehead atoms. The number of aromatic amines is 1. The van der Waals surface area contributed by atoms with Gasteiger partial charge in [-0.2, -0.15) is 5.10 Å². The highest BCUT2D eigenvalue weighted by atomic mass is 35.5. The van der Waals surface area contributed by atoms with Crippen molar-refractivity contribution in [3.8, 4) is 11.3 Å². The Kier molecular flexibility index (Phi) is 5.09. The maximum Gasteiger partial charge on any atom is 0.335 e. The van der Waals surface area contributed by atoms with Crippen LogP contribution in [0.1, 0.15) is 50.7 Å². The Morgan fingerprint density at radius 1 is 1.20 bits per heavy atom. The third-order valence-electron chi connectivity index (χ3n) is 5.31. The Morgan fingerprint density at radius 3 is 2.60 bits per heavy atom. The van der Waals surface area contributed by atoms with E-state index in [1.165, 1.54) is 30.3 Å². The molecule has 0 amide bonds. The summed E-state index contributed by atoms with van der Waals surface area (Å²) in [6.45, 7) is 0. The average molecular weight is 426 g/mol. The first-order valence-electron chi connectivity index (χ1n) is 9.26. The molecular weight excluding hydrogens is 410 g/mol. The molecule has 0 spiro atoms. The number of Topliss-reactive ketones (excluding diaryl/α,β-unsaturated/α-hetero) is 1. The van der Waals surface area contributed by atoms with Gasteiger partial charge in [0.1, 0.15) is 5.56 Å². The molecule has 0 radical (unpaired) electrons. The first-order valence-corrected chi connectivity index (χ1v) is 9.64. The summed E-state index contributed by atoms with van der Waals surface area (Å²) in [6.07, 6.45) is 1.93. The molecule has 2 N–H and O–H groups in total. The number of H-pyrrole nitrogens is 1. The van der Waals surface area contributed by atoms with Crippen molar-refractivity contribution < 1.29 is 19.6 Å². The fourth-order valence-electron chi connectivity index (χ4n) is 3.92. The van der Waals surface area contributed by atoms with Gasteiger partial charge in [0.15, 0.2) is 5.78 Å². The van der Waals surface area contributed by atoms with Crippen molar-refractivity contribution in [3.05, 3.63) is 80.0 Å². The minimum absolute atomic E-state index is 0.0391. The second-order valence-electron chi connectivity index (χ2n) is 7.05. The summed E-state index contributed by atoms with van der Waals surface area (Å²) < 4.78 is 0. The van der Waals surface area contributed by atoms with E-state index >= 15 is 0 Å². The monoisotopic (exact) mass is 425 g/mol. The summed E-state index contributed by atoms with van der Waals surface area (Å²) in [5.74, 6) is -2.09. The smallest absolute Gasteiger partial charge is 0.335 e. The number of hydrogen-bond donors (Lipinski definition) is 2. The number of nitro groups is 1. The number of aryl methyl sites for hydroxylation is 1. The van der Waals surface area contributed by atoms with Crippen LogP contribution in [-0.2, 0) is 6.42 Å². The normalized spacial score (nSPS) is 15.4. The Hall–Kier alpha value is -3.52. The summed E-state index contributed by atoms with van der Waals surface area (Å²) in [6, 6.07) is 10.4. The summed E-state index contributed by atoms with van der Waals surface area (Å²) in [5, 5.41) is 27.9. The van der Waals surface area contributed by atoms with Crippen molar-refractivity contribution in [2.45, 2.75) is 25.2 Å². The van der Waals surface area contributed by atoms with E-state index in [9.17, 15) is 19.7 Å². The third kappa shape index (κ3) is 3.35. The number of carboxylic acids is 1. The zero-order chi connectivity index (χ0) is 21.4. The van der Waals surface area contributed by atoms with Crippen molar-refractivity contribution in [2.75, 3.05) is 0 Å². The summed E-state index contributed by atoms with van der Waals surface area (Å²) in [7, 11) is 0. The van der Waals surface area contributed by atoms with E-state index in [1.807, 2.05) is 0 Å². The highest BCUT2D eigenvalue weighted by Gasteiger charge is 2.36. The molecule has 3 aromatic rings. The van der Waals surface area contributed by atoms with E-state index in [0.29, 0.717) is 29.7 Å². The Labute approximate surface area is 175 Å². The minimum atomic E-state index is -1.04. The zero-order valence-corrected chi connectivity index (χ0v) is 16.3. The molecule has 2 aromatic carbocycles. The first-order chi connectivity index (χ1) is 14.4. The van der Waals surface area contributed by atoms with Gasteiger partial charge in [-0.15, -0.1) is 0 Å². The van der Waals surface area contributed by atoms with Gasteiger partial charge in [0.2, 0.25) is 0 Å². The summed E-state index contributed by atoms with van der Waals surface area (Å²) >= 11 is 6.19. The van der Waals surface area contributed by atoms with Crippen LogP contribution in [0.3, 0.4) is 0 Å². The molecule has 1 aromatic heterocycles. The van der Waals surface area contributed by atoms with Crippen LogP contribution in [0.2, 0.25) is 5.02 Å². The molecule has 0 saturated heterocycles. The van der Waals surface area contributed by atoms with Crippen LogP contribution in [0.15, 0.2) is 42.5 Å². The highest BCUT2D eigenvalue weighted by Crippen LogP contribution is 2.41. The van der Waals surface area contributed by atoms with Gasteiger partial charge in [-0.3, -0.25) is 20.0 Å². The van der Waals surface area contributed by atoms with Gasteiger partial charge in [-0.1, -0.05) is 29.8 Å². The van der Waals surface area contributed by atoms with Crippen LogP contribution >= 0.6 is 11.6 Å². The van der Waals surface area contributed by atoms with E-state index in [-0.39, 0.29) is 21.8 Å². The zero-order valence-electron chi connectivity index (χ0n) is 15.6. The SMILES string of the molecule is O=C(O)c1ccc(-c2n[nH]c3c2C(C(=O)c2c(Cl)cccc2[N+](=O)[O-])CCC3)cc1. The number of benzene rings is 2. The van der Waals surface area contributed by atoms with Crippen molar-refractivity contribution in [2.24, 2.45) is 0 Å². The van der Waals surface area contributed by atoms with Crippen LogP contribution in [0.4, 0.5) is 5.69 Å². The maximum absolute atomic E-state index is 13.4. The number of hydrogen-bond acceptors (Lipinski definition) is 5. The highest BCUT2D eigenvalue weighted by molar-refractivity contribution is 6.35. The van der Waals surface area contributed by atoms with Crippen molar-refractivity contribution >= 4 is 29.0 Å². The number of rotatable bonds is 5. The number of carbonyl (C=O) groups excluding carboxylic acids is 1. The molecule has 1 heterocycles. The van der Waals surface area contributed by atoms with E-state index < -0.39 is 22.6 Å². The van der Waals surface area contributed by atoms with Crippen LogP contribution in [0.25, 0.3) is 11.3 Å². The van der Waals surface area contributed by atoms with E-state index in [1.54, 1.807) is 12.1 Å². The number of aromatic carboxylic acids is 1. The number of nitrogens with one attached hydrogen (secondary N) is 1. The molecule has 0 fully saturated rings. The predicted molar refractivity (Wildman–Crippen MR) is 109 cm³/mol. The van der Waals surface area contributed by atoms with E-state index in [2.05, 4.69) is 10.2 Å². The molecule has 4 rings (SSSR count). The van der Waals surface area contributed by atoms with Gasteiger partial charge >= 0.3 is 5.97 Å². The number of carbonyl (C=O) groups is 2. The predicted octanol–water partition coefficient (Wildman–Crippen LogP) is 4.64. The lowest BCUT2D eigenvalue weighted by Gasteiger charge is -2.22. The van der Waals surface area contributed by atoms with Gasteiger partial charge in [-0.25, -0.2) is 4.79 Å². The van der Waals surface area contributed by atoms with E-state index in [4.69, 9.17) is 16.7 Å². The number of ketones is 1. The Morgan fingerprint density at radius 2 is 1.93 bits per heavy atom. The topological polar surface area (TPSA) is 126 Å². The van der Waals surface area contributed by atoms with Crippen LogP contribution in [0, 0.1) is 10.1 Å². The second kappa shape index (κ2) is 7.72. The van der Waals surface area contributed by atoms with Crippen LogP contribution in [0.5, 0.6) is 0 Å². The number of nitrogens with zero attached hydrogens (tertiary/aromatic N) is 2. The molecule has 1 aliphatic rings. The maximum atomic E-state index is 13.4. The fraction of sp³-hybridized carbons (Fsp3) is 0.190. The molecule has 0 saturated carbocycles. The lowest BCUT2D eigenvalue weighted by Crippen LogP contribution is -2.20. The number of aromatic nitrogens is 2. The van der Waals surface area contributed by atoms with Crippen LogP contribution in [-0.4, -0.2) is 32.0 Å². The van der Waals surface area contributed by atoms with E-state index in [0.717, 1.165) is 12.1 Å². The molecule has 8 nitrogen and oxygen atoms in total. The molecule has 30 heavy (non-hydrogen) atoms. The molecule has 0 aliphatic heterocycles. The van der Waals surface area contributed by atoms with Crippen molar-refractivity contribution in [3.63, 3.8) is 0 Å². The largest absolute Gasteiger partial charge is 0.478 e. The van der Waals surface area contributed by atoms with Gasteiger partial charge in [0.05, 0.1) is 27.1 Å². The molecule has 1 atom stereocenters. The Bertz CT molecular complexity index is 1170. The van der Waals surface area contributed by atoms with Crippen molar-refractivity contribution in [1.82, 2.24) is 10.2 Å². The molecule has 152 valence electrons. The van der Waals surface area contributed by atoms with Gasteiger partial charge in [-0.05, 0) is 37.5 Å². The number of fused-ring (bicyclic) bond motifs is 1. The third-order valence-corrected chi connectivity index (χ3v) is 5.62. The summed E-state index contributed by atoms with van der Waals surface area (Å²) in [4.78, 5) is 35.4. The van der Waals surface area contributed by atoms with Crippen molar-refractivity contribution in [1.29, 1.82) is 0 Å². The quantitative estimate of drug-likeness (QED) is 0.348. The minimum Gasteiger partial charge on any atom is -0.478 e. The molecule has 1 aliphatic carbocycles. The average Bonchev–Trinajstić information content (AvgIpc) is 3.17. The Balaban J connectivity index is 1.80. The summed E-state index contributed by atoms with van der Waals surface area (Å²) in [5.41, 5.74) is 2.39. The standard InChI is InChI=1S/C21H16ClN3O5/c22-14-4-2-6-16(25(29)30)18(14)20(26)13-3-1-5-15-17(13)19(24-23-15)11-7-9-12(10-8-11)21(27)28/h2,4,6-10,13H,1,3,5H2,(H,23,24)(H,27,28). The number of carboxylic acid groups (broad SMARTS) is 1. The lowest BCUT2D eigenvalue weighted by atomic mass is 9.79. The van der Waals surface area contributed by atoms with Gasteiger partial charge in [0.25, 0.3) is 5.69 Å². The second-order valence-corrected chi connectivity index (χ2v) is 7.45. The first kappa shape index (κ1) is 19.8. The fourth-order valence-corrected chi connectivity index (χ4v) is 4.18. The van der Waals surface area contributed by atoms with Crippen LogP contribution < -0.4 is 0 Å². The number of nitro benzene ring substituents is 1.